The summed E-state index contributed by atoms with van der Waals surface area (Å²) in [6, 6.07) is 9.14. The van der Waals surface area contributed by atoms with Gasteiger partial charge < -0.3 is 5.32 Å². The summed E-state index contributed by atoms with van der Waals surface area (Å²) in [4.78, 5) is 33.5. The molecule has 3 aromatic rings. The smallest absolute Gasteiger partial charge is 0.259 e. The number of carbonyl (C=O) groups excluding carboxylic acids is 2. The number of hydrogen-bond acceptors (Lipinski definition) is 3. The average Bonchev–Trinajstić information content (AvgIpc) is 3.60. The lowest BCUT2D eigenvalue weighted by atomic mass is 9.85. The number of fused-ring (bicyclic) bond motifs is 1. The number of pyridine rings is 1. The van der Waals surface area contributed by atoms with Gasteiger partial charge in [-0.1, -0.05) is 12.1 Å². The van der Waals surface area contributed by atoms with Gasteiger partial charge in [-0.2, -0.15) is 0 Å². The second-order valence-corrected chi connectivity index (χ2v) is 8.24. The molecule has 2 aliphatic rings. The van der Waals surface area contributed by atoms with Crippen LogP contribution in [0, 0.1) is 30.3 Å². The number of aromatic nitrogens is 1. The summed E-state index contributed by atoms with van der Waals surface area (Å²) >= 11 is 0. The van der Waals surface area contributed by atoms with Crippen LogP contribution < -0.4 is 5.32 Å². The lowest BCUT2D eigenvalue weighted by molar-refractivity contribution is -0.118. The summed E-state index contributed by atoms with van der Waals surface area (Å²) in [6.07, 6.45) is 2.84. The van der Waals surface area contributed by atoms with Gasteiger partial charge in [-0.05, 0) is 66.8 Å². The van der Waals surface area contributed by atoms with Crippen molar-refractivity contribution in [3.63, 3.8) is 0 Å². The van der Waals surface area contributed by atoms with Crippen molar-refractivity contribution in [3.05, 3.63) is 82.3 Å². The maximum absolute atomic E-state index is 14.7. The summed E-state index contributed by atoms with van der Waals surface area (Å²) in [5, 5.41) is 2.74. The summed E-state index contributed by atoms with van der Waals surface area (Å²) in [5.74, 6) is -4.59. The fraction of sp³-hybridized carbons (Fsp3) is 0.200. The van der Waals surface area contributed by atoms with Crippen LogP contribution in [-0.4, -0.2) is 23.0 Å². The first-order valence-electron chi connectivity index (χ1n) is 10.5. The molecule has 0 saturated heterocycles. The van der Waals surface area contributed by atoms with E-state index in [0.717, 1.165) is 25.0 Å². The second kappa shape index (κ2) is 7.95. The highest BCUT2D eigenvalue weighted by atomic mass is 19.1. The van der Waals surface area contributed by atoms with Crippen LogP contribution in [-0.2, 0) is 9.59 Å². The van der Waals surface area contributed by atoms with Crippen molar-refractivity contribution in [3.8, 4) is 11.1 Å². The summed E-state index contributed by atoms with van der Waals surface area (Å²) in [5.41, 5.74) is 1.72. The van der Waals surface area contributed by atoms with E-state index in [1.807, 2.05) is 0 Å². The van der Waals surface area contributed by atoms with E-state index in [-0.39, 0.29) is 23.3 Å². The summed E-state index contributed by atoms with van der Waals surface area (Å²) in [6.45, 7) is 1.72. The molecule has 0 radical (unpaired) electrons. The maximum atomic E-state index is 14.7. The second-order valence-electron chi connectivity index (χ2n) is 8.24. The van der Waals surface area contributed by atoms with E-state index in [9.17, 15) is 22.8 Å². The molecular formula is C25H18F3N3O2. The molecule has 1 N–H and O–H groups in total. The lowest BCUT2D eigenvalue weighted by Gasteiger charge is -2.24. The third kappa shape index (κ3) is 3.82. The molecule has 1 fully saturated rings. The minimum absolute atomic E-state index is 0.0753. The Labute approximate surface area is 187 Å². The van der Waals surface area contributed by atoms with Crippen molar-refractivity contribution in [2.45, 2.75) is 25.7 Å². The Morgan fingerprint density at radius 3 is 2.42 bits per heavy atom. The Kier molecular flexibility index (Phi) is 5.08. The lowest BCUT2D eigenvalue weighted by Crippen LogP contribution is -2.24. The monoisotopic (exact) mass is 449 g/mol. The van der Waals surface area contributed by atoms with E-state index in [1.165, 1.54) is 24.4 Å². The first-order valence-corrected chi connectivity index (χ1v) is 10.5. The van der Waals surface area contributed by atoms with Crippen LogP contribution in [0.2, 0.25) is 0 Å². The molecule has 2 aromatic carbocycles. The number of anilines is 1. The highest BCUT2D eigenvalue weighted by Gasteiger charge is 2.36. The number of aliphatic imine (C=N–C) groups is 1. The maximum Gasteiger partial charge on any atom is 0.259 e. The number of rotatable bonds is 4. The Hall–Kier alpha value is -3.81. The number of benzene rings is 2. The molecule has 1 aromatic heterocycles. The van der Waals surface area contributed by atoms with Crippen molar-refractivity contribution in [1.29, 1.82) is 0 Å². The quantitative estimate of drug-likeness (QED) is 0.615. The molecule has 166 valence electrons. The van der Waals surface area contributed by atoms with E-state index in [1.54, 1.807) is 19.1 Å². The SMILES string of the molecule is Cc1cc(F)ccc1-c1cc(NC(=O)C2CC2)nc2c1C=NC(=O)C2c1c(F)cccc1F. The van der Waals surface area contributed by atoms with Crippen LogP contribution in [0.1, 0.15) is 41.1 Å². The molecule has 1 unspecified atom stereocenters. The van der Waals surface area contributed by atoms with Gasteiger partial charge in [-0.25, -0.2) is 23.1 Å². The van der Waals surface area contributed by atoms with Crippen molar-refractivity contribution in [2.24, 2.45) is 10.9 Å². The van der Waals surface area contributed by atoms with Gasteiger partial charge in [-0.15, -0.1) is 0 Å². The largest absolute Gasteiger partial charge is 0.310 e. The zero-order chi connectivity index (χ0) is 23.3. The zero-order valence-electron chi connectivity index (χ0n) is 17.5. The number of amides is 2. The molecule has 5 rings (SSSR count). The minimum atomic E-state index is -1.43. The predicted octanol–water partition coefficient (Wildman–Crippen LogP) is 4.91. The van der Waals surface area contributed by atoms with Gasteiger partial charge in [-0.3, -0.25) is 9.59 Å². The third-order valence-corrected chi connectivity index (χ3v) is 5.90. The Morgan fingerprint density at radius 1 is 1.03 bits per heavy atom. The predicted molar refractivity (Wildman–Crippen MR) is 117 cm³/mol. The number of nitrogens with zero attached hydrogens (tertiary/aromatic N) is 2. The van der Waals surface area contributed by atoms with Crippen molar-refractivity contribution < 1.29 is 22.8 Å². The first-order chi connectivity index (χ1) is 15.8. The molecule has 0 bridgehead atoms. The van der Waals surface area contributed by atoms with E-state index < -0.39 is 34.8 Å². The van der Waals surface area contributed by atoms with Gasteiger partial charge in [0.2, 0.25) is 5.91 Å². The van der Waals surface area contributed by atoms with Gasteiger partial charge in [0.05, 0.1) is 5.69 Å². The third-order valence-electron chi connectivity index (χ3n) is 5.90. The molecule has 33 heavy (non-hydrogen) atoms. The van der Waals surface area contributed by atoms with Gasteiger partial charge in [0.25, 0.3) is 5.91 Å². The molecule has 0 spiro atoms. The molecule has 1 aliphatic carbocycles. The molecule has 1 aliphatic heterocycles. The van der Waals surface area contributed by atoms with Crippen LogP contribution in [0.5, 0.6) is 0 Å². The number of aryl methyl sites for hydroxylation is 1. The average molecular weight is 449 g/mol. The summed E-state index contributed by atoms with van der Waals surface area (Å²) < 4.78 is 43.1. The molecule has 2 amide bonds. The number of carbonyl (C=O) groups is 2. The molecule has 2 heterocycles. The Balaban J connectivity index is 1.75. The van der Waals surface area contributed by atoms with Crippen LogP contribution in [0.25, 0.3) is 11.1 Å². The van der Waals surface area contributed by atoms with Crippen LogP contribution in [0.4, 0.5) is 19.0 Å². The van der Waals surface area contributed by atoms with Crippen molar-refractivity contribution >= 4 is 23.8 Å². The molecule has 5 nitrogen and oxygen atoms in total. The van der Waals surface area contributed by atoms with Gasteiger partial charge in [0.1, 0.15) is 29.2 Å². The Morgan fingerprint density at radius 2 is 1.76 bits per heavy atom. The van der Waals surface area contributed by atoms with Crippen LogP contribution in [0.15, 0.2) is 47.5 Å². The highest BCUT2D eigenvalue weighted by molar-refractivity contribution is 6.06. The van der Waals surface area contributed by atoms with Gasteiger partial charge >= 0.3 is 0 Å². The highest BCUT2D eigenvalue weighted by Crippen LogP contribution is 2.39. The van der Waals surface area contributed by atoms with E-state index in [0.29, 0.717) is 22.3 Å². The fourth-order valence-corrected chi connectivity index (χ4v) is 4.09. The molecule has 8 heteroatoms. The standard InChI is InChI=1S/C25H18F3N3O2/c1-12-9-14(26)7-8-15(12)16-10-20(31-24(32)13-5-6-13)30-23-17(16)11-29-25(33)22(23)21-18(27)3-2-4-19(21)28/h2-4,7-11,13,22H,5-6H2,1H3,(H,30,31,32). The first kappa shape index (κ1) is 21.1. The molecule has 1 saturated carbocycles. The number of hydrogen-bond donors (Lipinski definition) is 1. The van der Waals surface area contributed by atoms with E-state index >= 15 is 0 Å². The van der Waals surface area contributed by atoms with Crippen LogP contribution in [0.3, 0.4) is 0 Å². The van der Waals surface area contributed by atoms with Crippen molar-refractivity contribution in [1.82, 2.24) is 4.98 Å². The topological polar surface area (TPSA) is 71.4 Å². The van der Waals surface area contributed by atoms with E-state index in [2.05, 4.69) is 15.3 Å². The summed E-state index contributed by atoms with van der Waals surface area (Å²) in [7, 11) is 0. The number of nitrogens with one attached hydrogen (secondary N) is 1. The molecular weight excluding hydrogens is 431 g/mol. The minimum Gasteiger partial charge on any atom is -0.310 e. The number of halogens is 3. The Bertz CT molecular complexity index is 1330. The van der Waals surface area contributed by atoms with Gasteiger partial charge in [0.15, 0.2) is 0 Å². The van der Waals surface area contributed by atoms with Crippen LogP contribution >= 0.6 is 0 Å². The molecule has 1 atom stereocenters. The fourth-order valence-electron chi connectivity index (χ4n) is 4.09. The van der Waals surface area contributed by atoms with E-state index in [4.69, 9.17) is 0 Å². The van der Waals surface area contributed by atoms with Crippen molar-refractivity contribution in [2.75, 3.05) is 5.32 Å². The zero-order valence-corrected chi connectivity index (χ0v) is 17.5. The normalized spacial score (nSPS) is 17.1. The van der Waals surface area contributed by atoms with Gasteiger partial charge in [0, 0.05) is 23.3 Å².